The third-order valence-electron chi connectivity index (χ3n) is 2.85. The van der Waals surface area contributed by atoms with Gasteiger partial charge in [-0.3, -0.25) is 4.79 Å². The van der Waals surface area contributed by atoms with E-state index >= 15 is 0 Å². The number of aromatic amines is 1. The maximum Gasteiger partial charge on any atom is 0.251 e. The minimum atomic E-state index is -0.0398. The predicted octanol–water partition coefficient (Wildman–Crippen LogP) is 2.59. The molecular weight excluding hydrogens is 258 g/mol. The molecule has 0 aliphatic heterocycles. The van der Waals surface area contributed by atoms with Crippen LogP contribution in [0.1, 0.15) is 45.7 Å². The van der Waals surface area contributed by atoms with Crippen LogP contribution in [0.3, 0.4) is 0 Å². The molecule has 1 aromatic rings. The molecule has 0 saturated heterocycles. The molecule has 0 spiro atoms. The van der Waals surface area contributed by atoms with E-state index in [1.807, 2.05) is 0 Å². The molecule has 0 fully saturated rings. The minimum Gasteiger partial charge on any atom is -0.315 e. The summed E-state index contributed by atoms with van der Waals surface area (Å²) in [6, 6.07) is 2.16. The molecule has 0 radical (unpaired) electrons. The summed E-state index contributed by atoms with van der Waals surface area (Å²) in [6.45, 7) is 7.44. The van der Waals surface area contributed by atoms with Gasteiger partial charge in [0.1, 0.15) is 0 Å². The molecule has 2 N–H and O–H groups in total. The summed E-state index contributed by atoms with van der Waals surface area (Å²) < 4.78 is 0. The van der Waals surface area contributed by atoms with E-state index in [9.17, 15) is 4.79 Å². The van der Waals surface area contributed by atoms with Crippen molar-refractivity contribution in [2.75, 3.05) is 12.3 Å². The fraction of sp³-hybridized carbons (Fsp3) is 0.714. The van der Waals surface area contributed by atoms with Crippen LogP contribution in [0.2, 0.25) is 0 Å². The molecule has 0 amide bonds. The lowest BCUT2D eigenvalue weighted by atomic mass is 10.2. The van der Waals surface area contributed by atoms with Crippen molar-refractivity contribution < 1.29 is 0 Å². The quantitative estimate of drug-likeness (QED) is 0.415. The molecule has 1 rings (SSSR count). The van der Waals surface area contributed by atoms with E-state index in [1.54, 1.807) is 17.8 Å². The molecule has 1 aromatic heterocycles. The van der Waals surface area contributed by atoms with Crippen molar-refractivity contribution in [3.05, 3.63) is 22.1 Å². The predicted molar refractivity (Wildman–Crippen MR) is 81.9 cm³/mol. The maximum absolute atomic E-state index is 11.5. The summed E-state index contributed by atoms with van der Waals surface area (Å²) in [5.74, 6) is 0.994. The molecule has 4 nitrogen and oxygen atoms in total. The van der Waals surface area contributed by atoms with Crippen molar-refractivity contribution in [3.63, 3.8) is 0 Å². The third-order valence-corrected chi connectivity index (χ3v) is 3.81. The van der Waals surface area contributed by atoms with Gasteiger partial charge in [-0.1, -0.05) is 32.0 Å². The van der Waals surface area contributed by atoms with Gasteiger partial charge < -0.3 is 10.3 Å². The van der Waals surface area contributed by atoms with Crippen molar-refractivity contribution in [2.45, 2.75) is 57.7 Å². The van der Waals surface area contributed by atoms with E-state index in [0.717, 1.165) is 48.8 Å². The maximum atomic E-state index is 11.5. The van der Waals surface area contributed by atoms with Crippen molar-refractivity contribution in [2.24, 2.45) is 0 Å². The Bertz CT molecular complexity index is 419. The Kier molecular flexibility index (Phi) is 7.82. The fourth-order valence-corrected chi connectivity index (χ4v) is 2.80. The Hall–Kier alpha value is -0.810. The highest BCUT2D eigenvalue weighted by Gasteiger charge is 2.03. The van der Waals surface area contributed by atoms with E-state index in [0.29, 0.717) is 6.04 Å². The smallest absolute Gasteiger partial charge is 0.251 e. The summed E-state index contributed by atoms with van der Waals surface area (Å²) in [7, 11) is 0. The molecule has 5 heteroatoms. The van der Waals surface area contributed by atoms with Gasteiger partial charge >= 0.3 is 0 Å². The first-order chi connectivity index (χ1) is 9.15. The summed E-state index contributed by atoms with van der Waals surface area (Å²) in [6.07, 6.45) is 4.16. The van der Waals surface area contributed by atoms with Crippen molar-refractivity contribution >= 4 is 11.8 Å². The van der Waals surface area contributed by atoms with Crippen LogP contribution in [0.5, 0.6) is 0 Å². The van der Waals surface area contributed by atoms with Crippen LogP contribution in [-0.2, 0) is 6.42 Å². The van der Waals surface area contributed by atoms with Crippen LogP contribution < -0.4 is 10.9 Å². The van der Waals surface area contributed by atoms with Crippen LogP contribution in [-0.4, -0.2) is 28.3 Å². The molecule has 1 unspecified atom stereocenters. The average molecular weight is 283 g/mol. The number of nitrogens with zero attached hydrogens (tertiary/aromatic N) is 1. The van der Waals surface area contributed by atoms with Crippen molar-refractivity contribution in [3.8, 4) is 0 Å². The number of aryl methyl sites for hydroxylation is 1. The number of thioether (sulfide) groups is 1. The summed E-state index contributed by atoms with van der Waals surface area (Å²) in [5, 5.41) is 4.15. The number of hydrogen-bond acceptors (Lipinski definition) is 4. The normalized spacial score (nSPS) is 12.6. The number of nitrogens with one attached hydrogen (secondary N) is 2. The summed E-state index contributed by atoms with van der Waals surface area (Å²) in [4.78, 5) is 18.8. The monoisotopic (exact) mass is 283 g/mol. The fourth-order valence-electron chi connectivity index (χ4n) is 1.94. The van der Waals surface area contributed by atoms with E-state index in [1.165, 1.54) is 0 Å². The van der Waals surface area contributed by atoms with Crippen molar-refractivity contribution in [1.82, 2.24) is 15.3 Å². The summed E-state index contributed by atoms with van der Waals surface area (Å²) >= 11 is 1.64. The van der Waals surface area contributed by atoms with Crippen molar-refractivity contribution in [1.29, 1.82) is 0 Å². The molecule has 1 atom stereocenters. The van der Waals surface area contributed by atoms with Gasteiger partial charge in [0.25, 0.3) is 5.56 Å². The standard InChI is InChI=1S/C14H25N3OS/c1-4-7-12-10-13(18)17-14(16-12)19-9-6-8-11(3)15-5-2/h10-11,15H,4-9H2,1-3H3,(H,16,17,18). The topological polar surface area (TPSA) is 57.8 Å². The van der Waals surface area contributed by atoms with E-state index in [-0.39, 0.29) is 5.56 Å². The summed E-state index contributed by atoms with van der Waals surface area (Å²) in [5.41, 5.74) is 0.858. The van der Waals surface area contributed by atoms with Gasteiger partial charge in [-0.15, -0.1) is 0 Å². The third kappa shape index (κ3) is 6.78. The average Bonchev–Trinajstić information content (AvgIpc) is 2.35. The van der Waals surface area contributed by atoms with Gasteiger partial charge in [-0.2, -0.15) is 0 Å². The molecule has 19 heavy (non-hydrogen) atoms. The molecule has 0 aliphatic rings. The Morgan fingerprint density at radius 1 is 1.47 bits per heavy atom. The van der Waals surface area contributed by atoms with Gasteiger partial charge in [0.15, 0.2) is 5.16 Å². The Labute approximate surface area is 119 Å². The lowest BCUT2D eigenvalue weighted by Crippen LogP contribution is -2.25. The first-order valence-electron chi connectivity index (χ1n) is 7.12. The first kappa shape index (κ1) is 16.2. The second-order valence-electron chi connectivity index (χ2n) is 4.74. The molecule has 0 saturated carbocycles. The second kappa shape index (κ2) is 9.15. The van der Waals surface area contributed by atoms with Gasteiger partial charge in [0, 0.05) is 23.6 Å². The van der Waals surface area contributed by atoms with Gasteiger partial charge in [0.2, 0.25) is 0 Å². The number of hydrogen-bond donors (Lipinski definition) is 2. The zero-order valence-electron chi connectivity index (χ0n) is 12.2. The lowest BCUT2D eigenvalue weighted by Gasteiger charge is -2.11. The zero-order valence-corrected chi connectivity index (χ0v) is 13.0. The van der Waals surface area contributed by atoms with E-state index < -0.39 is 0 Å². The molecule has 0 aliphatic carbocycles. The Morgan fingerprint density at radius 2 is 2.26 bits per heavy atom. The Morgan fingerprint density at radius 3 is 2.95 bits per heavy atom. The molecule has 1 heterocycles. The lowest BCUT2D eigenvalue weighted by molar-refractivity contribution is 0.526. The van der Waals surface area contributed by atoms with Crippen LogP contribution in [0.4, 0.5) is 0 Å². The SMILES string of the molecule is CCCc1cc(=O)[nH]c(SCCCC(C)NCC)n1. The van der Waals surface area contributed by atoms with E-state index in [2.05, 4.69) is 36.1 Å². The molecule has 0 aromatic carbocycles. The van der Waals surface area contributed by atoms with E-state index in [4.69, 9.17) is 0 Å². The molecule has 108 valence electrons. The zero-order chi connectivity index (χ0) is 14.1. The van der Waals surface area contributed by atoms with Gasteiger partial charge in [-0.25, -0.2) is 4.98 Å². The molecule has 0 bridgehead atoms. The molecular formula is C14H25N3OS. The number of rotatable bonds is 9. The largest absolute Gasteiger partial charge is 0.315 e. The van der Waals surface area contributed by atoms with Crippen LogP contribution in [0.25, 0.3) is 0 Å². The highest BCUT2D eigenvalue weighted by atomic mass is 32.2. The second-order valence-corrected chi connectivity index (χ2v) is 5.82. The highest BCUT2D eigenvalue weighted by molar-refractivity contribution is 7.99. The highest BCUT2D eigenvalue weighted by Crippen LogP contribution is 2.14. The van der Waals surface area contributed by atoms with Crippen LogP contribution in [0, 0.1) is 0 Å². The van der Waals surface area contributed by atoms with Gasteiger partial charge in [-0.05, 0) is 32.7 Å². The van der Waals surface area contributed by atoms with Gasteiger partial charge in [0.05, 0.1) is 0 Å². The first-order valence-corrected chi connectivity index (χ1v) is 8.10. The Balaban J connectivity index is 2.38. The number of aromatic nitrogens is 2. The minimum absolute atomic E-state index is 0.0398. The van der Waals surface area contributed by atoms with Crippen LogP contribution >= 0.6 is 11.8 Å². The van der Waals surface area contributed by atoms with Crippen LogP contribution in [0.15, 0.2) is 16.0 Å². The number of H-pyrrole nitrogens is 1.